The number of rotatable bonds is 3. The molecule has 4 nitrogen and oxygen atoms in total. The number of nitrogens with one attached hydrogen (secondary N) is 1. The Kier molecular flexibility index (Phi) is 3.33. The number of aryl methyl sites for hydroxylation is 1. The van der Waals surface area contributed by atoms with Crippen LogP contribution < -0.4 is 11.1 Å². The summed E-state index contributed by atoms with van der Waals surface area (Å²) in [7, 11) is 0. The Labute approximate surface area is 102 Å². The van der Waals surface area contributed by atoms with E-state index in [-0.39, 0.29) is 18.1 Å². The molecule has 17 heavy (non-hydrogen) atoms. The van der Waals surface area contributed by atoms with Crippen LogP contribution in [-0.4, -0.2) is 30.1 Å². The van der Waals surface area contributed by atoms with Gasteiger partial charge in [0, 0.05) is 19.1 Å². The van der Waals surface area contributed by atoms with E-state index in [1.54, 1.807) is 4.90 Å². The number of hydrogen-bond acceptors (Lipinski definition) is 2. The second-order valence-electron chi connectivity index (χ2n) is 4.65. The number of nitrogens with two attached hydrogens (primary N) is 1. The molecule has 0 spiro atoms. The number of urea groups is 1. The second-order valence-corrected chi connectivity index (χ2v) is 4.65. The van der Waals surface area contributed by atoms with Crippen molar-refractivity contribution in [3.05, 3.63) is 35.4 Å². The number of benzene rings is 1. The Hall–Kier alpha value is -1.55. The van der Waals surface area contributed by atoms with Crippen molar-refractivity contribution >= 4 is 6.03 Å². The van der Waals surface area contributed by atoms with E-state index in [1.165, 1.54) is 5.56 Å². The van der Waals surface area contributed by atoms with Gasteiger partial charge in [-0.15, -0.1) is 0 Å². The van der Waals surface area contributed by atoms with Crippen LogP contribution in [0.2, 0.25) is 0 Å². The summed E-state index contributed by atoms with van der Waals surface area (Å²) in [5, 5.41) is 2.99. The zero-order valence-corrected chi connectivity index (χ0v) is 10.3. The monoisotopic (exact) mass is 233 g/mol. The molecule has 1 aromatic rings. The Bertz CT molecular complexity index is 419. The molecule has 2 atom stereocenters. The van der Waals surface area contributed by atoms with Gasteiger partial charge in [-0.3, -0.25) is 0 Å². The van der Waals surface area contributed by atoms with Gasteiger partial charge in [0.15, 0.2) is 0 Å². The summed E-state index contributed by atoms with van der Waals surface area (Å²) in [4.78, 5) is 13.6. The lowest BCUT2D eigenvalue weighted by atomic mass is 10.1. The van der Waals surface area contributed by atoms with Crippen LogP contribution >= 0.6 is 0 Å². The minimum atomic E-state index is -0.0190. The van der Waals surface area contributed by atoms with Crippen LogP contribution in [0.4, 0.5) is 4.79 Å². The van der Waals surface area contributed by atoms with E-state index in [1.807, 2.05) is 13.0 Å². The first-order chi connectivity index (χ1) is 8.11. The SMILES string of the molecule is Cc1cccc(C2CN(C(C)CN)C(=O)N2)c1. The molecule has 0 aliphatic carbocycles. The largest absolute Gasteiger partial charge is 0.329 e. The van der Waals surface area contributed by atoms with E-state index < -0.39 is 0 Å². The summed E-state index contributed by atoms with van der Waals surface area (Å²) in [6.45, 7) is 5.22. The van der Waals surface area contributed by atoms with Crippen molar-refractivity contribution in [1.29, 1.82) is 0 Å². The van der Waals surface area contributed by atoms with E-state index in [0.29, 0.717) is 13.1 Å². The maximum atomic E-state index is 11.8. The number of amides is 2. The van der Waals surface area contributed by atoms with E-state index in [0.717, 1.165) is 5.56 Å². The van der Waals surface area contributed by atoms with E-state index >= 15 is 0 Å². The maximum absolute atomic E-state index is 11.8. The van der Waals surface area contributed by atoms with Crippen molar-refractivity contribution in [2.75, 3.05) is 13.1 Å². The minimum absolute atomic E-state index is 0.0190. The van der Waals surface area contributed by atoms with Gasteiger partial charge in [0.05, 0.1) is 6.04 Å². The average molecular weight is 233 g/mol. The predicted octanol–water partition coefficient (Wildman–Crippen LogP) is 1.41. The molecule has 0 bridgehead atoms. The molecule has 1 aliphatic rings. The molecule has 0 radical (unpaired) electrons. The lowest BCUT2D eigenvalue weighted by Gasteiger charge is -2.21. The third kappa shape index (κ3) is 2.42. The highest BCUT2D eigenvalue weighted by molar-refractivity contribution is 5.77. The molecule has 2 amide bonds. The van der Waals surface area contributed by atoms with Crippen LogP contribution in [0.5, 0.6) is 0 Å². The van der Waals surface area contributed by atoms with Crippen molar-refractivity contribution in [1.82, 2.24) is 10.2 Å². The summed E-state index contributed by atoms with van der Waals surface area (Å²) in [6, 6.07) is 8.39. The zero-order valence-electron chi connectivity index (χ0n) is 10.3. The zero-order chi connectivity index (χ0) is 12.4. The Morgan fingerprint density at radius 1 is 1.59 bits per heavy atom. The van der Waals surface area contributed by atoms with Crippen LogP contribution in [0.25, 0.3) is 0 Å². The molecule has 0 saturated carbocycles. The van der Waals surface area contributed by atoms with Crippen molar-refractivity contribution < 1.29 is 4.79 Å². The topological polar surface area (TPSA) is 58.4 Å². The molecule has 1 aromatic carbocycles. The fourth-order valence-corrected chi connectivity index (χ4v) is 2.14. The third-order valence-electron chi connectivity index (χ3n) is 3.26. The smallest absolute Gasteiger partial charge is 0.318 e. The molecule has 1 saturated heterocycles. The molecule has 4 heteroatoms. The average Bonchev–Trinajstić information content (AvgIpc) is 2.70. The normalized spacial score (nSPS) is 21.5. The summed E-state index contributed by atoms with van der Waals surface area (Å²) >= 11 is 0. The van der Waals surface area contributed by atoms with Crippen molar-refractivity contribution in [2.45, 2.75) is 25.9 Å². The standard InChI is InChI=1S/C13H19N3O/c1-9-4-3-5-11(6-9)12-8-16(10(2)7-14)13(17)15-12/h3-6,10,12H,7-8,14H2,1-2H3,(H,15,17). The Balaban J connectivity index is 2.13. The van der Waals surface area contributed by atoms with Gasteiger partial charge in [0.2, 0.25) is 0 Å². The van der Waals surface area contributed by atoms with Gasteiger partial charge in [-0.2, -0.15) is 0 Å². The minimum Gasteiger partial charge on any atom is -0.329 e. The molecule has 1 fully saturated rings. The van der Waals surface area contributed by atoms with Gasteiger partial charge in [-0.05, 0) is 19.4 Å². The molecular formula is C13H19N3O. The number of nitrogens with zero attached hydrogens (tertiary/aromatic N) is 1. The van der Waals surface area contributed by atoms with Crippen LogP contribution in [0.15, 0.2) is 24.3 Å². The first kappa shape index (κ1) is 11.9. The van der Waals surface area contributed by atoms with Crippen LogP contribution in [0.1, 0.15) is 24.1 Å². The van der Waals surface area contributed by atoms with Gasteiger partial charge in [-0.1, -0.05) is 29.8 Å². The summed E-state index contributed by atoms with van der Waals surface area (Å²) in [6.07, 6.45) is 0. The van der Waals surface area contributed by atoms with Gasteiger partial charge in [0.1, 0.15) is 0 Å². The predicted molar refractivity (Wildman–Crippen MR) is 67.7 cm³/mol. The van der Waals surface area contributed by atoms with E-state index in [9.17, 15) is 4.79 Å². The third-order valence-corrected chi connectivity index (χ3v) is 3.26. The Morgan fingerprint density at radius 3 is 3.00 bits per heavy atom. The van der Waals surface area contributed by atoms with Crippen LogP contribution in [0, 0.1) is 6.92 Å². The van der Waals surface area contributed by atoms with Gasteiger partial charge in [-0.25, -0.2) is 4.79 Å². The quantitative estimate of drug-likeness (QED) is 0.829. The first-order valence-electron chi connectivity index (χ1n) is 5.95. The fraction of sp³-hybridized carbons (Fsp3) is 0.462. The molecule has 2 unspecified atom stereocenters. The molecule has 2 rings (SSSR count). The van der Waals surface area contributed by atoms with Gasteiger partial charge >= 0.3 is 6.03 Å². The fourth-order valence-electron chi connectivity index (χ4n) is 2.14. The molecular weight excluding hydrogens is 214 g/mol. The maximum Gasteiger partial charge on any atom is 0.318 e. The molecule has 3 N–H and O–H groups in total. The van der Waals surface area contributed by atoms with E-state index in [2.05, 4.69) is 30.4 Å². The summed E-state index contributed by atoms with van der Waals surface area (Å²) < 4.78 is 0. The van der Waals surface area contributed by atoms with Crippen LogP contribution in [-0.2, 0) is 0 Å². The summed E-state index contributed by atoms with van der Waals surface area (Å²) in [5.74, 6) is 0. The molecule has 92 valence electrons. The van der Waals surface area contributed by atoms with Crippen molar-refractivity contribution in [3.63, 3.8) is 0 Å². The van der Waals surface area contributed by atoms with Crippen molar-refractivity contribution in [2.24, 2.45) is 5.73 Å². The highest BCUT2D eigenvalue weighted by Crippen LogP contribution is 2.22. The van der Waals surface area contributed by atoms with E-state index in [4.69, 9.17) is 5.73 Å². The summed E-state index contributed by atoms with van der Waals surface area (Å²) in [5.41, 5.74) is 7.97. The second kappa shape index (κ2) is 4.75. The van der Waals surface area contributed by atoms with Crippen molar-refractivity contribution in [3.8, 4) is 0 Å². The molecule has 1 heterocycles. The van der Waals surface area contributed by atoms with Crippen LogP contribution in [0.3, 0.4) is 0 Å². The first-order valence-corrected chi connectivity index (χ1v) is 5.95. The lowest BCUT2D eigenvalue weighted by molar-refractivity contribution is 0.203. The lowest BCUT2D eigenvalue weighted by Crippen LogP contribution is -2.40. The number of carbonyl (C=O) groups is 1. The van der Waals surface area contributed by atoms with Gasteiger partial charge < -0.3 is 16.0 Å². The van der Waals surface area contributed by atoms with Gasteiger partial charge in [0.25, 0.3) is 0 Å². The molecule has 1 aliphatic heterocycles. The number of carbonyl (C=O) groups excluding carboxylic acids is 1. The Morgan fingerprint density at radius 2 is 2.35 bits per heavy atom. The highest BCUT2D eigenvalue weighted by Gasteiger charge is 2.32. The highest BCUT2D eigenvalue weighted by atomic mass is 16.2. The molecule has 0 aromatic heterocycles. The number of hydrogen-bond donors (Lipinski definition) is 2.